The van der Waals surface area contributed by atoms with Crippen LogP contribution in [0, 0.1) is 0 Å². The molecule has 1 aliphatic heterocycles. The van der Waals surface area contributed by atoms with E-state index in [1.807, 2.05) is 36.4 Å². The molecule has 1 aliphatic rings. The quantitative estimate of drug-likeness (QED) is 0.617. The number of carbonyl (C=O) groups is 1. The Labute approximate surface area is 169 Å². The fourth-order valence-corrected chi connectivity index (χ4v) is 3.77. The molecule has 0 N–H and O–H groups in total. The highest BCUT2D eigenvalue weighted by Crippen LogP contribution is 2.47. The number of aliphatic imine (C=N–C) groups is 1. The average Bonchev–Trinajstić information content (AvgIpc) is 3.07. The van der Waals surface area contributed by atoms with Crippen molar-refractivity contribution in [3.8, 4) is 0 Å². The van der Waals surface area contributed by atoms with E-state index in [2.05, 4.69) is 11.8 Å². The zero-order valence-electron chi connectivity index (χ0n) is 15.4. The van der Waals surface area contributed by atoms with Gasteiger partial charge in [-0.3, -0.25) is 0 Å². The van der Waals surface area contributed by atoms with E-state index in [-0.39, 0.29) is 6.04 Å². The minimum Gasteiger partial charge on any atom is -0.467 e. The van der Waals surface area contributed by atoms with Crippen molar-refractivity contribution in [2.75, 3.05) is 13.7 Å². The second-order valence-corrected chi connectivity index (χ2v) is 7.43. The van der Waals surface area contributed by atoms with E-state index in [9.17, 15) is 4.79 Å². The number of rotatable bonds is 6. The largest absolute Gasteiger partial charge is 0.467 e. The molecule has 2 aromatic rings. The van der Waals surface area contributed by atoms with Crippen LogP contribution >= 0.6 is 23.2 Å². The van der Waals surface area contributed by atoms with E-state index in [0.29, 0.717) is 10.0 Å². The lowest BCUT2D eigenvalue weighted by molar-refractivity contribution is -0.149. The van der Waals surface area contributed by atoms with Crippen LogP contribution in [-0.4, -0.2) is 30.9 Å². The zero-order chi connectivity index (χ0) is 19.4. The lowest BCUT2D eigenvalue weighted by atomic mass is 9.80. The summed E-state index contributed by atoms with van der Waals surface area (Å²) in [7, 11) is 1.39. The van der Waals surface area contributed by atoms with Gasteiger partial charge in [-0.25, -0.2) is 9.79 Å². The Morgan fingerprint density at radius 3 is 2.26 bits per heavy atom. The monoisotopic (exact) mass is 404 g/mol. The Morgan fingerprint density at radius 2 is 1.70 bits per heavy atom. The van der Waals surface area contributed by atoms with E-state index in [0.717, 1.165) is 30.5 Å². The molecule has 0 aromatic heterocycles. The SMILES string of the molecule is CCCCN1C=N[C@@](C(=O)OC)(c2ccc(Cl)cc2)[C@H]1c1ccc(Cl)cc1. The standard InChI is InChI=1S/C21H22Cl2N2O2/c1-3-4-13-25-14-24-21(20(26)27-2,16-7-11-18(23)12-8-16)19(25)15-5-9-17(22)10-6-15/h5-12,14,19H,3-4,13H2,1-2H3/t19-,21+/m1/s1. The van der Waals surface area contributed by atoms with Crippen LogP contribution in [0.5, 0.6) is 0 Å². The van der Waals surface area contributed by atoms with Gasteiger partial charge in [0.05, 0.1) is 19.5 Å². The number of esters is 1. The molecule has 2 aromatic carbocycles. The van der Waals surface area contributed by atoms with Crippen molar-refractivity contribution in [2.45, 2.75) is 31.3 Å². The third kappa shape index (κ3) is 3.69. The number of halogens is 2. The lowest BCUT2D eigenvalue weighted by Gasteiger charge is -2.36. The summed E-state index contributed by atoms with van der Waals surface area (Å²) in [6.45, 7) is 2.93. The van der Waals surface area contributed by atoms with Gasteiger partial charge in [-0.1, -0.05) is 60.8 Å². The summed E-state index contributed by atoms with van der Waals surface area (Å²) in [5.41, 5.74) is 0.503. The summed E-state index contributed by atoms with van der Waals surface area (Å²) in [4.78, 5) is 19.9. The second kappa shape index (κ2) is 8.32. The smallest absolute Gasteiger partial charge is 0.341 e. The molecule has 0 aliphatic carbocycles. The summed E-state index contributed by atoms with van der Waals surface area (Å²) in [6.07, 6.45) is 3.80. The molecule has 0 spiro atoms. The molecule has 0 fully saturated rings. The first-order valence-electron chi connectivity index (χ1n) is 8.94. The molecule has 1 heterocycles. The minimum absolute atomic E-state index is 0.324. The molecular weight excluding hydrogens is 383 g/mol. The summed E-state index contributed by atoms with van der Waals surface area (Å²) < 4.78 is 5.21. The molecule has 0 saturated heterocycles. The Bertz CT molecular complexity index is 821. The van der Waals surface area contributed by atoms with Crippen molar-refractivity contribution >= 4 is 35.5 Å². The Hall–Kier alpha value is -2.04. The topological polar surface area (TPSA) is 41.9 Å². The van der Waals surface area contributed by atoms with Gasteiger partial charge in [-0.15, -0.1) is 0 Å². The molecule has 0 amide bonds. The summed E-state index contributed by atoms with van der Waals surface area (Å²) in [5.74, 6) is -0.403. The molecular formula is C21H22Cl2N2O2. The van der Waals surface area contributed by atoms with Crippen molar-refractivity contribution in [1.82, 2.24) is 4.90 Å². The van der Waals surface area contributed by atoms with Gasteiger partial charge in [-0.2, -0.15) is 0 Å². The maximum atomic E-state index is 13.1. The fraction of sp³-hybridized carbons (Fsp3) is 0.333. The normalized spacial score (nSPS) is 21.5. The van der Waals surface area contributed by atoms with Crippen LogP contribution in [0.15, 0.2) is 53.5 Å². The maximum Gasteiger partial charge on any atom is 0.341 e. The van der Waals surface area contributed by atoms with Gasteiger partial charge >= 0.3 is 5.97 Å². The van der Waals surface area contributed by atoms with Crippen LogP contribution in [0.2, 0.25) is 10.0 Å². The van der Waals surface area contributed by atoms with E-state index in [1.54, 1.807) is 18.5 Å². The van der Waals surface area contributed by atoms with E-state index >= 15 is 0 Å². The summed E-state index contributed by atoms with van der Waals surface area (Å²) >= 11 is 12.1. The molecule has 0 unspecified atom stereocenters. The maximum absolute atomic E-state index is 13.1. The van der Waals surface area contributed by atoms with Gasteiger partial charge in [0.15, 0.2) is 0 Å². The number of benzene rings is 2. The summed E-state index contributed by atoms with van der Waals surface area (Å²) in [5, 5.41) is 1.25. The fourth-order valence-electron chi connectivity index (χ4n) is 3.52. The van der Waals surface area contributed by atoms with Gasteiger partial charge in [0.2, 0.25) is 5.54 Å². The number of methoxy groups -OCH3 is 1. The van der Waals surface area contributed by atoms with Gasteiger partial charge in [0.1, 0.15) is 0 Å². The van der Waals surface area contributed by atoms with Crippen molar-refractivity contribution in [1.29, 1.82) is 0 Å². The van der Waals surface area contributed by atoms with E-state index < -0.39 is 11.5 Å². The van der Waals surface area contributed by atoms with Crippen LogP contribution in [0.1, 0.15) is 36.9 Å². The highest BCUT2D eigenvalue weighted by atomic mass is 35.5. The molecule has 4 nitrogen and oxygen atoms in total. The first-order valence-corrected chi connectivity index (χ1v) is 9.69. The Morgan fingerprint density at radius 1 is 1.11 bits per heavy atom. The Balaban J connectivity index is 2.16. The van der Waals surface area contributed by atoms with Crippen LogP contribution in [0.25, 0.3) is 0 Å². The summed E-state index contributed by atoms with van der Waals surface area (Å²) in [6, 6.07) is 14.4. The number of unbranched alkanes of at least 4 members (excludes halogenated alkanes) is 1. The molecule has 0 bridgehead atoms. The van der Waals surface area contributed by atoms with Gasteiger partial charge in [-0.05, 0) is 41.8 Å². The number of nitrogens with zero attached hydrogens (tertiary/aromatic N) is 2. The van der Waals surface area contributed by atoms with Crippen LogP contribution < -0.4 is 0 Å². The van der Waals surface area contributed by atoms with E-state index in [4.69, 9.17) is 32.9 Å². The third-order valence-corrected chi connectivity index (χ3v) is 5.38. The van der Waals surface area contributed by atoms with Crippen molar-refractivity contribution in [3.05, 3.63) is 69.7 Å². The molecule has 27 heavy (non-hydrogen) atoms. The number of hydrogen-bond acceptors (Lipinski definition) is 4. The Kier molecular flexibility index (Phi) is 6.08. The van der Waals surface area contributed by atoms with Crippen LogP contribution in [0.4, 0.5) is 0 Å². The van der Waals surface area contributed by atoms with Gasteiger partial charge in [0, 0.05) is 16.6 Å². The average molecular weight is 405 g/mol. The predicted octanol–water partition coefficient (Wildman–Crippen LogP) is 5.25. The molecule has 0 radical (unpaired) electrons. The molecule has 2 atom stereocenters. The minimum atomic E-state index is -1.19. The predicted molar refractivity (Wildman–Crippen MR) is 109 cm³/mol. The molecule has 3 rings (SSSR count). The third-order valence-electron chi connectivity index (χ3n) is 4.87. The number of hydrogen-bond donors (Lipinski definition) is 0. The van der Waals surface area contributed by atoms with Gasteiger partial charge in [0.25, 0.3) is 0 Å². The van der Waals surface area contributed by atoms with E-state index in [1.165, 1.54) is 7.11 Å². The lowest BCUT2D eigenvalue weighted by Crippen LogP contribution is -2.43. The molecule has 142 valence electrons. The van der Waals surface area contributed by atoms with Crippen molar-refractivity contribution in [2.24, 2.45) is 4.99 Å². The first kappa shape index (κ1) is 19.7. The highest BCUT2D eigenvalue weighted by Gasteiger charge is 2.54. The zero-order valence-corrected chi connectivity index (χ0v) is 16.9. The first-order chi connectivity index (χ1) is 13.0. The second-order valence-electron chi connectivity index (χ2n) is 6.55. The van der Waals surface area contributed by atoms with Gasteiger partial charge < -0.3 is 9.64 Å². The van der Waals surface area contributed by atoms with Crippen LogP contribution in [-0.2, 0) is 15.1 Å². The number of carbonyl (C=O) groups excluding carboxylic acids is 1. The number of ether oxygens (including phenoxy) is 1. The van der Waals surface area contributed by atoms with Crippen LogP contribution in [0.3, 0.4) is 0 Å². The van der Waals surface area contributed by atoms with Crippen molar-refractivity contribution in [3.63, 3.8) is 0 Å². The highest BCUT2D eigenvalue weighted by molar-refractivity contribution is 6.30. The van der Waals surface area contributed by atoms with Crippen molar-refractivity contribution < 1.29 is 9.53 Å². The molecule has 6 heteroatoms. The molecule has 0 saturated carbocycles.